The SMILES string of the molecule is CCOCC(=O)O[C@H]1CC[C@@]2(C)C(=CC[C@]3(O)[C@@H]2C[C@@H](OC(=O)/C=C(\C)C(C)C)[C@@]2(C)[C@]3(O)CC[C@@]2(O)C(C)=O)C1. The zero-order chi connectivity index (χ0) is 30.6. The Bertz CT molecular complexity index is 1140. The Kier molecular flexibility index (Phi) is 8.46. The molecule has 230 valence electrons. The molecule has 0 radical (unpaired) electrons. The topological polar surface area (TPSA) is 140 Å². The summed E-state index contributed by atoms with van der Waals surface area (Å²) in [4.78, 5) is 38.4. The highest BCUT2D eigenvalue weighted by Crippen LogP contribution is 2.71. The number of fused-ring (bicyclic) bond motifs is 5. The van der Waals surface area contributed by atoms with Crippen molar-refractivity contribution in [2.24, 2.45) is 22.7 Å². The summed E-state index contributed by atoms with van der Waals surface area (Å²) in [5.41, 5.74) is -5.94. The Hall–Kier alpha value is -2.07. The minimum atomic E-state index is -1.98. The molecule has 4 aliphatic carbocycles. The van der Waals surface area contributed by atoms with Crippen LogP contribution in [0.2, 0.25) is 0 Å². The smallest absolute Gasteiger partial charge is 0.332 e. The molecular weight excluding hydrogens is 528 g/mol. The van der Waals surface area contributed by atoms with Gasteiger partial charge in [0.05, 0.1) is 5.41 Å². The van der Waals surface area contributed by atoms with Crippen molar-refractivity contribution in [1.29, 1.82) is 0 Å². The van der Waals surface area contributed by atoms with E-state index in [2.05, 4.69) is 0 Å². The van der Waals surface area contributed by atoms with Gasteiger partial charge in [-0.1, -0.05) is 38.0 Å². The third-order valence-corrected chi connectivity index (χ3v) is 11.4. The Morgan fingerprint density at radius 3 is 2.37 bits per heavy atom. The van der Waals surface area contributed by atoms with Crippen LogP contribution < -0.4 is 0 Å². The third kappa shape index (κ3) is 4.71. The van der Waals surface area contributed by atoms with Crippen molar-refractivity contribution in [3.05, 3.63) is 23.3 Å². The molecule has 0 aromatic carbocycles. The van der Waals surface area contributed by atoms with E-state index in [0.717, 1.165) is 11.1 Å². The normalized spacial score (nSPS) is 42.1. The summed E-state index contributed by atoms with van der Waals surface area (Å²) in [7, 11) is 0. The molecule has 9 nitrogen and oxygen atoms in total. The first-order valence-electron chi connectivity index (χ1n) is 15.0. The van der Waals surface area contributed by atoms with Gasteiger partial charge in [-0.15, -0.1) is 0 Å². The number of carbonyl (C=O) groups excluding carboxylic acids is 3. The molecule has 0 saturated heterocycles. The maximum atomic E-state index is 13.2. The highest BCUT2D eigenvalue weighted by molar-refractivity contribution is 5.87. The van der Waals surface area contributed by atoms with Crippen molar-refractivity contribution in [1.82, 2.24) is 0 Å². The van der Waals surface area contributed by atoms with Crippen molar-refractivity contribution in [3.8, 4) is 0 Å². The number of carbonyl (C=O) groups is 3. The molecule has 0 heterocycles. The monoisotopic (exact) mass is 576 g/mol. The number of hydrogen-bond acceptors (Lipinski definition) is 9. The van der Waals surface area contributed by atoms with Crippen LogP contribution >= 0.6 is 0 Å². The molecule has 0 spiro atoms. The lowest BCUT2D eigenvalue weighted by Crippen LogP contribution is -2.78. The zero-order valence-corrected chi connectivity index (χ0v) is 25.6. The number of hydrogen-bond donors (Lipinski definition) is 3. The summed E-state index contributed by atoms with van der Waals surface area (Å²) in [5, 5.41) is 36.9. The molecule has 4 rings (SSSR count). The quantitative estimate of drug-likeness (QED) is 0.225. The Morgan fingerprint density at radius 2 is 1.76 bits per heavy atom. The van der Waals surface area contributed by atoms with Gasteiger partial charge in [0.15, 0.2) is 5.78 Å². The molecule has 0 amide bonds. The Labute approximate surface area is 243 Å². The second kappa shape index (κ2) is 10.9. The highest BCUT2D eigenvalue weighted by Gasteiger charge is 2.81. The maximum Gasteiger partial charge on any atom is 0.332 e. The molecule has 4 aliphatic rings. The van der Waals surface area contributed by atoms with Gasteiger partial charge in [0, 0.05) is 25.0 Å². The van der Waals surface area contributed by atoms with E-state index in [4.69, 9.17) is 14.2 Å². The first-order chi connectivity index (χ1) is 19.0. The van der Waals surface area contributed by atoms with Gasteiger partial charge in [-0.05, 0) is 77.6 Å². The molecule has 9 heteroatoms. The molecule has 0 bridgehead atoms. The van der Waals surface area contributed by atoms with Crippen LogP contribution in [-0.2, 0) is 28.6 Å². The van der Waals surface area contributed by atoms with Crippen LogP contribution in [0.3, 0.4) is 0 Å². The Balaban J connectivity index is 1.73. The van der Waals surface area contributed by atoms with Crippen LogP contribution in [0.15, 0.2) is 23.3 Å². The average Bonchev–Trinajstić information content (AvgIpc) is 3.13. The number of allylic oxidation sites excluding steroid dienone is 1. The number of ether oxygens (including phenoxy) is 3. The van der Waals surface area contributed by atoms with Crippen molar-refractivity contribution in [2.75, 3.05) is 13.2 Å². The van der Waals surface area contributed by atoms with Gasteiger partial charge in [0.2, 0.25) is 0 Å². The fraction of sp³-hybridized carbons (Fsp3) is 0.781. The van der Waals surface area contributed by atoms with Gasteiger partial charge < -0.3 is 29.5 Å². The molecule has 41 heavy (non-hydrogen) atoms. The minimum Gasteiger partial charge on any atom is -0.460 e. The summed E-state index contributed by atoms with van der Waals surface area (Å²) in [6, 6.07) is 0. The van der Waals surface area contributed by atoms with Crippen molar-refractivity contribution in [2.45, 2.75) is 122 Å². The molecule has 0 aliphatic heterocycles. The molecule has 0 aromatic heterocycles. The van der Waals surface area contributed by atoms with Crippen molar-refractivity contribution >= 4 is 17.7 Å². The van der Waals surface area contributed by atoms with Crippen LogP contribution in [-0.4, -0.2) is 75.3 Å². The van der Waals surface area contributed by atoms with Gasteiger partial charge in [-0.3, -0.25) is 4.79 Å². The summed E-state index contributed by atoms with van der Waals surface area (Å²) in [5.74, 6) is -1.96. The minimum absolute atomic E-state index is 0.0155. The lowest BCUT2D eigenvalue weighted by molar-refractivity contribution is -0.314. The largest absolute Gasteiger partial charge is 0.460 e. The van der Waals surface area contributed by atoms with Gasteiger partial charge in [0.1, 0.15) is 35.6 Å². The van der Waals surface area contributed by atoms with E-state index in [9.17, 15) is 29.7 Å². The van der Waals surface area contributed by atoms with E-state index in [1.165, 1.54) is 13.0 Å². The second-order valence-electron chi connectivity index (χ2n) is 13.5. The molecular formula is C32H48O9. The van der Waals surface area contributed by atoms with E-state index in [-0.39, 0.29) is 44.3 Å². The van der Waals surface area contributed by atoms with Crippen LogP contribution in [0.5, 0.6) is 0 Å². The van der Waals surface area contributed by atoms with Gasteiger partial charge in [-0.2, -0.15) is 0 Å². The fourth-order valence-corrected chi connectivity index (χ4v) is 8.39. The van der Waals surface area contributed by atoms with Crippen LogP contribution in [0.1, 0.15) is 93.4 Å². The summed E-state index contributed by atoms with van der Waals surface area (Å²) < 4.78 is 16.9. The molecule has 0 unspecified atom stereocenters. The lowest BCUT2D eigenvalue weighted by Gasteiger charge is -2.67. The molecule has 3 fully saturated rings. The van der Waals surface area contributed by atoms with E-state index in [0.29, 0.717) is 25.9 Å². The number of ketones is 1. The fourth-order valence-electron chi connectivity index (χ4n) is 8.39. The first kappa shape index (κ1) is 31.9. The average molecular weight is 577 g/mol. The van der Waals surface area contributed by atoms with Gasteiger partial charge in [0.25, 0.3) is 0 Å². The van der Waals surface area contributed by atoms with E-state index >= 15 is 0 Å². The third-order valence-electron chi connectivity index (χ3n) is 11.4. The van der Waals surface area contributed by atoms with Crippen LogP contribution in [0.4, 0.5) is 0 Å². The predicted molar refractivity (Wildman–Crippen MR) is 150 cm³/mol. The maximum absolute atomic E-state index is 13.2. The molecule has 0 aromatic rings. The van der Waals surface area contributed by atoms with Crippen LogP contribution in [0, 0.1) is 22.7 Å². The number of esters is 2. The summed E-state index contributed by atoms with van der Waals surface area (Å²) >= 11 is 0. The van der Waals surface area contributed by atoms with Crippen molar-refractivity contribution in [3.63, 3.8) is 0 Å². The van der Waals surface area contributed by atoms with Gasteiger partial charge in [-0.25, -0.2) is 9.59 Å². The number of Topliss-reactive ketones (excluding diaryl/α,β-unsaturated/α-hetero) is 1. The molecule has 3 saturated carbocycles. The van der Waals surface area contributed by atoms with E-state index in [1.54, 1.807) is 6.92 Å². The number of rotatable bonds is 8. The summed E-state index contributed by atoms with van der Waals surface area (Å²) in [6.07, 6.45) is 3.84. The van der Waals surface area contributed by atoms with E-state index in [1.807, 2.05) is 40.7 Å². The standard InChI is InChI=1S/C32H48O9/c1-8-39-18-27(35)40-23-10-11-28(6)22(16-23)9-12-31(37)24(28)17-25(41-26(34)15-20(4)19(2)3)29(7)30(36,21(5)33)13-14-32(29,31)38/h9,15,19,23-25,36-38H,8,10-14,16-18H2,1-7H3/b20-15+/t23-,24+,25+,28-,29+,30+,31-,32+/m0/s1. The van der Waals surface area contributed by atoms with Crippen LogP contribution in [0.25, 0.3) is 0 Å². The second-order valence-corrected chi connectivity index (χ2v) is 13.5. The first-order valence-corrected chi connectivity index (χ1v) is 15.0. The van der Waals surface area contributed by atoms with Crippen molar-refractivity contribution < 1.29 is 43.9 Å². The molecule has 3 N–H and O–H groups in total. The van der Waals surface area contributed by atoms with Gasteiger partial charge >= 0.3 is 11.9 Å². The predicted octanol–water partition coefficient (Wildman–Crippen LogP) is 3.57. The number of aliphatic hydroxyl groups is 3. The summed E-state index contributed by atoms with van der Waals surface area (Å²) in [6.45, 7) is 12.8. The Morgan fingerprint density at radius 1 is 1.07 bits per heavy atom. The van der Waals surface area contributed by atoms with E-state index < -0.39 is 57.4 Å². The molecule has 8 atom stereocenters. The zero-order valence-electron chi connectivity index (χ0n) is 25.6. The highest BCUT2D eigenvalue weighted by atomic mass is 16.6. The lowest BCUT2D eigenvalue weighted by atomic mass is 9.42.